The summed E-state index contributed by atoms with van der Waals surface area (Å²) >= 11 is 0. The van der Waals surface area contributed by atoms with Gasteiger partial charge in [-0.1, -0.05) is 6.07 Å². The van der Waals surface area contributed by atoms with Crippen LogP contribution in [0.4, 0.5) is 17.6 Å². The van der Waals surface area contributed by atoms with Gasteiger partial charge in [-0.05, 0) is 31.9 Å². The fourth-order valence-electron chi connectivity index (χ4n) is 8.62. The molecule has 0 saturated carbocycles. The predicted octanol–water partition coefficient (Wildman–Crippen LogP) is 0.722. The lowest BCUT2D eigenvalue weighted by Gasteiger charge is -2.42. The number of aliphatic hydroxyl groups is 1. The average Bonchev–Trinajstić information content (AvgIpc) is 3.18. The molecular weight excluding hydrogens is 770 g/mol. The summed E-state index contributed by atoms with van der Waals surface area (Å²) in [6.07, 6.45) is -2.71. The number of alkyl halides is 2. The normalized spacial score (nSPS) is 30.8. The van der Waals surface area contributed by atoms with E-state index in [2.05, 4.69) is 21.3 Å². The Morgan fingerprint density at radius 3 is 2.45 bits per heavy atom. The van der Waals surface area contributed by atoms with Gasteiger partial charge in [-0.25, -0.2) is 17.6 Å². The van der Waals surface area contributed by atoms with Crippen molar-refractivity contribution in [2.24, 2.45) is 5.92 Å². The fraction of sp³-hybridized carbons (Fsp3) is 0.579. The number of piperidine rings is 3. The summed E-state index contributed by atoms with van der Waals surface area (Å²) in [5.74, 6) is -6.20. The second kappa shape index (κ2) is 17.5. The van der Waals surface area contributed by atoms with Gasteiger partial charge >= 0.3 is 0 Å². The van der Waals surface area contributed by atoms with Crippen LogP contribution in [0.1, 0.15) is 51.0 Å². The van der Waals surface area contributed by atoms with Gasteiger partial charge in [-0.15, -0.1) is 0 Å². The number of nitrogens with one attached hydrogen (secondary N) is 4. The summed E-state index contributed by atoms with van der Waals surface area (Å²) in [4.78, 5) is 84.1. The first kappa shape index (κ1) is 42.0. The van der Waals surface area contributed by atoms with E-state index in [1.807, 2.05) is 12.1 Å². The first-order chi connectivity index (χ1) is 27.7. The van der Waals surface area contributed by atoms with Crippen LogP contribution in [0.5, 0.6) is 0 Å². The number of carbonyl (C=O) groups is 4. The summed E-state index contributed by atoms with van der Waals surface area (Å²) < 4.78 is 57.4. The van der Waals surface area contributed by atoms with E-state index in [1.54, 1.807) is 0 Å². The Morgan fingerprint density at radius 2 is 1.78 bits per heavy atom. The topological polar surface area (TPSA) is 228 Å². The van der Waals surface area contributed by atoms with Gasteiger partial charge in [-0.2, -0.15) is 10.5 Å². The van der Waals surface area contributed by atoms with E-state index in [0.717, 1.165) is 12.1 Å². The van der Waals surface area contributed by atoms with E-state index in [0.29, 0.717) is 15.6 Å². The minimum absolute atomic E-state index is 0.0177. The Kier molecular flexibility index (Phi) is 12.7. The molecule has 9 unspecified atom stereocenters. The summed E-state index contributed by atoms with van der Waals surface area (Å²) in [5.41, 5.74) is -0.506. The van der Waals surface area contributed by atoms with Crippen LogP contribution in [0.25, 0.3) is 0 Å². The molecule has 5 aliphatic heterocycles. The molecular formula is C38H43F4N9O7+2. The molecule has 0 bridgehead atoms. The minimum Gasteiger partial charge on any atom is -0.394 e. The monoisotopic (exact) mass is 813 g/mol. The largest absolute Gasteiger partial charge is 0.394 e. The van der Waals surface area contributed by atoms with E-state index >= 15 is 0 Å². The maximum absolute atomic E-state index is 14.8. The van der Waals surface area contributed by atoms with Gasteiger partial charge in [0.1, 0.15) is 42.2 Å². The van der Waals surface area contributed by atoms with Crippen molar-refractivity contribution < 1.29 is 51.4 Å². The Bertz CT molecular complexity index is 2040. The maximum Gasteiger partial charge on any atom is 0.286 e. The second-order valence-electron chi connectivity index (χ2n) is 15.3. The van der Waals surface area contributed by atoms with E-state index in [9.17, 15) is 62.2 Å². The van der Waals surface area contributed by atoms with Crippen LogP contribution in [0.2, 0.25) is 0 Å². The van der Waals surface area contributed by atoms with Gasteiger partial charge in [0.25, 0.3) is 18.0 Å². The van der Waals surface area contributed by atoms with Crippen molar-refractivity contribution in [3.8, 4) is 12.1 Å². The van der Waals surface area contributed by atoms with Crippen molar-refractivity contribution in [2.75, 3.05) is 19.7 Å². The molecule has 0 aliphatic carbocycles. The molecule has 58 heavy (non-hydrogen) atoms. The van der Waals surface area contributed by atoms with Crippen LogP contribution in [0.3, 0.4) is 0 Å². The van der Waals surface area contributed by atoms with Gasteiger partial charge < -0.3 is 31.3 Å². The summed E-state index contributed by atoms with van der Waals surface area (Å²) in [5, 5.41) is 40.0. The zero-order valence-electron chi connectivity index (χ0n) is 31.4. The summed E-state index contributed by atoms with van der Waals surface area (Å²) in [7, 11) is 0. The van der Waals surface area contributed by atoms with Gasteiger partial charge in [-0.3, -0.25) is 19.2 Å². The molecule has 16 nitrogen and oxygen atoms in total. The van der Waals surface area contributed by atoms with Crippen LogP contribution >= 0.6 is 0 Å². The highest BCUT2D eigenvalue weighted by atomic mass is 19.2. The Labute approximate surface area is 329 Å². The highest BCUT2D eigenvalue weighted by Crippen LogP contribution is 2.37. The van der Waals surface area contributed by atoms with Crippen LogP contribution < -0.4 is 21.3 Å². The van der Waals surface area contributed by atoms with Gasteiger partial charge in [0.15, 0.2) is 0 Å². The number of aliphatic hydroxyl groups excluding tert-OH is 1. The van der Waals surface area contributed by atoms with Crippen molar-refractivity contribution in [1.29, 1.82) is 10.5 Å². The Balaban J connectivity index is 1.34. The number of nitriles is 2. The van der Waals surface area contributed by atoms with Crippen LogP contribution in [0, 0.1) is 50.0 Å². The summed E-state index contributed by atoms with van der Waals surface area (Å²) in [6.45, 7) is -0.498. The van der Waals surface area contributed by atoms with Crippen molar-refractivity contribution in [2.45, 2.75) is 113 Å². The van der Waals surface area contributed by atoms with Crippen molar-refractivity contribution in [3.05, 3.63) is 68.0 Å². The standard InChI is InChI=1S/C38H41F4N9O7/c1-18(36(54)46-14-19-2-3-20(39)8-27(19)41)24-10-32-31(7-5-22(12-43)50(32)57)49(38(24)56)16-26-25(37(55)48-29-6-4-23(13-44)51(58)35(26)29)11-33(53)47-30(17-52)34-28(42)9-21(40)15-45-34/h2-3,8,10,18,21-23,28-32,34-35,45,52H,4-7,9,11,14-17H2,1H3,(H-2,46,47,48,53,54,55)/p+2/t18-,21?,22?,23?,28?,29?,30+,31?,32?,34?,35?/m0/s1. The average molecular weight is 814 g/mol. The number of hydrogen-bond acceptors (Lipinski definition) is 10. The molecule has 20 heteroatoms. The predicted molar refractivity (Wildman–Crippen MR) is 192 cm³/mol. The smallest absolute Gasteiger partial charge is 0.286 e. The fourth-order valence-corrected chi connectivity index (χ4v) is 8.62. The molecule has 11 atom stereocenters. The van der Waals surface area contributed by atoms with Gasteiger partial charge in [0.05, 0.1) is 43.6 Å². The van der Waals surface area contributed by atoms with E-state index in [1.165, 1.54) is 17.9 Å². The van der Waals surface area contributed by atoms with Crippen LogP contribution in [0.15, 0.2) is 41.0 Å². The molecule has 1 aromatic rings. The molecule has 5 N–H and O–H groups in total. The molecule has 5 heterocycles. The molecule has 308 valence electrons. The van der Waals surface area contributed by atoms with Gasteiger partial charge in [0, 0.05) is 80.0 Å². The first-order valence-electron chi connectivity index (χ1n) is 19.1. The molecule has 3 saturated heterocycles. The Hall–Kier alpha value is -5.60. The molecule has 1 aromatic carbocycles. The Morgan fingerprint density at radius 1 is 1.07 bits per heavy atom. The van der Waals surface area contributed by atoms with Crippen molar-refractivity contribution in [3.63, 3.8) is 0 Å². The van der Waals surface area contributed by atoms with Crippen LogP contribution in [-0.2, 0) is 25.7 Å². The zero-order valence-corrected chi connectivity index (χ0v) is 31.4. The number of nitroso groups, excluding NO2 is 2. The summed E-state index contributed by atoms with van der Waals surface area (Å²) in [6, 6.07) is -2.27. The third kappa shape index (κ3) is 8.35. The number of halogens is 4. The lowest BCUT2D eigenvalue weighted by atomic mass is 9.80. The number of carbonyl (C=O) groups excluding carboxylic acids is 4. The lowest BCUT2D eigenvalue weighted by molar-refractivity contribution is -0.615. The molecule has 0 spiro atoms. The molecule has 0 aromatic heterocycles. The number of benzene rings is 1. The van der Waals surface area contributed by atoms with E-state index in [4.69, 9.17) is 0 Å². The number of rotatable bonds is 11. The quantitative estimate of drug-likeness (QED) is 0.155. The molecule has 6 rings (SSSR count). The SMILES string of the molecule is C[C@H](C(=O)NCc1ccc(F)cc1F)C1=CC2C(CCC(C#N)[N+]2=O)N(CC2=C(CC(=O)N[C@H](CO)C3NCC(F)CC3F)C(=O)NC3CCC(C#N)[N+](=O)C23)C1=O. The molecule has 5 aliphatic rings. The number of amides is 4. The van der Waals surface area contributed by atoms with Crippen molar-refractivity contribution >= 4 is 23.6 Å². The van der Waals surface area contributed by atoms with Gasteiger partial charge in [0.2, 0.25) is 29.8 Å². The zero-order chi connectivity index (χ0) is 42.0. The highest BCUT2D eigenvalue weighted by Gasteiger charge is 2.56. The molecule has 4 amide bonds. The number of hydrogen-bond donors (Lipinski definition) is 5. The minimum atomic E-state index is -1.76. The number of nitrogens with zero attached hydrogens (tertiary/aromatic N) is 5. The maximum atomic E-state index is 14.8. The third-order valence-electron chi connectivity index (χ3n) is 11.8. The molecule has 3 fully saturated rings. The van der Waals surface area contributed by atoms with Crippen LogP contribution in [-0.4, -0.2) is 124 Å². The van der Waals surface area contributed by atoms with Crippen molar-refractivity contribution in [1.82, 2.24) is 26.2 Å². The van der Waals surface area contributed by atoms with E-state index in [-0.39, 0.29) is 61.1 Å². The second-order valence-corrected chi connectivity index (χ2v) is 15.3. The lowest BCUT2D eigenvalue weighted by Crippen LogP contribution is -2.63. The highest BCUT2D eigenvalue weighted by molar-refractivity contribution is 6.03. The molecule has 0 radical (unpaired) electrons. The third-order valence-corrected chi connectivity index (χ3v) is 11.8. The van der Waals surface area contributed by atoms with E-state index < -0.39 is 128 Å². The first-order valence-corrected chi connectivity index (χ1v) is 19.1. The number of fused-ring (bicyclic) bond motifs is 2.